The highest BCUT2D eigenvalue weighted by Crippen LogP contribution is 2.49. The molecule has 1 atom stereocenters. The second-order valence-electron chi connectivity index (χ2n) is 8.62. The van der Waals surface area contributed by atoms with Gasteiger partial charge in [-0.2, -0.15) is 13.2 Å². The van der Waals surface area contributed by atoms with Gasteiger partial charge in [0.15, 0.2) is 0 Å². The number of pyridine rings is 2. The summed E-state index contributed by atoms with van der Waals surface area (Å²) in [6, 6.07) is 8.62. The van der Waals surface area contributed by atoms with Gasteiger partial charge in [-0.1, -0.05) is 18.9 Å². The summed E-state index contributed by atoms with van der Waals surface area (Å²) in [4.78, 5) is 8.64. The lowest BCUT2D eigenvalue weighted by atomic mass is 9.68. The van der Waals surface area contributed by atoms with Crippen LogP contribution in [0.4, 0.5) is 13.2 Å². The number of halogens is 3. The standard InChI is InChI=1S/C23H28F3N3O/c24-23(25,26)18-6-7-19(29-15-18)16-27-13-10-21(20-5-1-4-12-28-20)11-14-30-22(17-21)8-2-3-9-22/h1,4-7,12,15,27H,2-3,8-11,13-14,16-17H2. The zero-order valence-corrected chi connectivity index (χ0v) is 17.0. The number of hydrogen-bond donors (Lipinski definition) is 1. The molecule has 2 aromatic heterocycles. The number of alkyl halides is 3. The van der Waals surface area contributed by atoms with Crippen molar-refractivity contribution in [3.05, 3.63) is 59.7 Å². The van der Waals surface area contributed by atoms with Crippen LogP contribution in [0.2, 0.25) is 0 Å². The Morgan fingerprint density at radius 2 is 1.87 bits per heavy atom. The molecule has 1 saturated heterocycles. The van der Waals surface area contributed by atoms with Gasteiger partial charge >= 0.3 is 6.18 Å². The molecule has 1 unspecified atom stereocenters. The van der Waals surface area contributed by atoms with E-state index in [1.807, 2.05) is 18.3 Å². The minimum atomic E-state index is -4.35. The molecule has 30 heavy (non-hydrogen) atoms. The van der Waals surface area contributed by atoms with Gasteiger partial charge in [0, 0.05) is 36.7 Å². The predicted octanol–water partition coefficient (Wildman–Crippen LogP) is 5.04. The monoisotopic (exact) mass is 419 g/mol. The van der Waals surface area contributed by atoms with E-state index in [4.69, 9.17) is 9.72 Å². The molecular weight excluding hydrogens is 391 g/mol. The SMILES string of the molecule is FC(F)(F)c1ccc(CNCCC2(c3ccccn3)CCOC3(CCCC3)C2)nc1. The maximum atomic E-state index is 12.7. The molecule has 4 nitrogen and oxygen atoms in total. The Bertz CT molecular complexity index is 820. The smallest absolute Gasteiger partial charge is 0.375 e. The normalized spacial score (nSPS) is 23.7. The first-order chi connectivity index (χ1) is 14.4. The third-order valence-corrected chi connectivity index (χ3v) is 6.61. The molecule has 2 fully saturated rings. The van der Waals surface area contributed by atoms with Crippen molar-refractivity contribution in [2.75, 3.05) is 13.2 Å². The molecular formula is C23H28F3N3O. The lowest BCUT2D eigenvalue weighted by Gasteiger charge is -2.46. The number of nitrogens with zero attached hydrogens (tertiary/aromatic N) is 2. The van der Waals surface area contributed by atoms with Crippen LogP contribution in [0.15, 0.2) is 42.7 Å². The van der Waals surface area contributed by atoms with Gasteiger partial charge in [0.05, 0.1) is 16.9 Å². The average Bonchev–Trinajstić information content (AvgIpc) is 3.19. The van der Waals surface area contributed by atoms with Gasteiger partial charge in [-0.3, -0.25) is 9.97 Å². The van der Waals surface area contributed by atoms with Crippen LogP contribution in [0.1, 0.15) is 61.9 Å². The van der Waals surface area contributed by atoms with Gasteiger partial charge in [0.1, 0.15) is 0 Å². The summed E-state index contributed by atoms with van der Waals surface area (Å²) in [6.45, 7) is 1.93. The lowest BCUT2D eigenvalue weighted by Crippen LogP contribution is -2.47. The Morgan fingerprint density at radius 3 is 2.53 bits per heavy atom. The fourth-order valence-corrected chi connectivity index (χ4v) is 5.04. The van der Waals surface area contributed by atoms with Gasteiger partial charge in [-0.15, -0.1) is 0 Å². The Hall–Kier alpha value is -1.99. The molecule has 0 aromatic carbocycles. The molecule has 2 aliphatic rings. The largest absolute Gasteiger partial charge is 0.417 e. The fraction of sp³-hybridized carbons (Fsp3) is 0.565. The van der Waals surface area contributed by atoms with Crippen LogP contribution in [-0.4, -0.2) is 28.7 Å². The maximum absolute atomic E-state index is 12.7. The summed E-state index contributed by atoms with van der Waals surface area (Å²) >= 11 is 0. The summed E-state index contributed by atoms with van der Waals surface area (Å²) in [6.07, 6.45) is 5.90. The van der Waals surface area contributed by atoms with E-state index in [0.29, 0.717) is 12.2 Å². The zero-order chi connectivity index (χ0) is 21.1. The Morgan fingerprint density at radius 1 is 1.03 bits per heavy atom. The molecule has 7 heteroatoms. The minimum Gasteiger partial charge on any atom is -0.375 e. The molecule has 0 amide bonds. The van der Waals surface area contributed by atoms with Crippen molar-refractivity contribution >= 4 is 0 Å². The third kappa shape index (κ3) is 4.67. The summed E-state index contributed by atoms with van der Waals surface area (Å²) in [7, 11) is 0. The van der Waals surface area contributed by atoms with Crippen molar-refractivity contribution in [3.8, 4) is 0 Å². The van der Waals surface area contributed by atoms with Crippen LogP contribution in [-0.2, 0) is 22.9 Å². The van der Waals surface area contributed by atoms with E-state index >= 15 is 0 Å². The van der Waals surface area contributed by atoms with Gasteiger partial charge in [0.2, 0.25) is 0 Å². The molecule has 0 radical (unpaired) electrons. The zero-order valence-electron chi connectivity index (χ0n) is 17.0. The van der Waals surface area contributed by atoms with Crippen LogP contribution < -0.4 is 5.32 Å². The Labute approximate surface area is 175 Å². The molecule has 4 rings (SSSR count). The second-order valence-corrected chi connectivity index (χ2v) is 8.62. The van der Waals surface area contributed by atoms with Crippen molar-refractivity contribution in [1.29, 1.82) is 0 Å². The van der Waals surface area contributed by atoms with Crippen LogP contribution in [0, 0.1) is 0 Å². The highest BCUT2D eigenvalue weighted by molar-refractivity contribution is 5.21. The van der Waals surface area contributed by atoms with E-state index in [-0.39, 0.29) is 11.0 Å². The summed E-state index contributed by atoms with van der Waals surface area (Å²) < 4.78 is 44.3. The van der Waals surface area contributed by atoms with Crippen LogP contribution in [0.5, 0.6) is 0 Å². The van der Waals surface area contributed by atoms with E-state index in [9.17, 15) is 13.2 Å². The van der Waals surface area contributed by atoms with Gasteiger partial charge in [-0.25, -0.2) is 0 Å². The number of rotatable bonds is 6. The molecule has 3 heterocycles. The van der Waals surface area contributed by atoms with E-state index in [2.05, 4.69) is 16.4 Å². The number of nitrogens with one attached hydrogen (secondary N) is 1. The van der Waals surface area contributed by atoms with Crippen molar-refractivity contribution in [3.63, 3.8) is 0 Å². The van der Waals surface area contributed by atoms with E-state index in [0.717, 1.165) is 63.2 Å². The fourth-order valence-electron chi connectivity index (χ4n) is 5.04. The minimum absolute atomic E-state index is 0.0231. The lowest BCUT2D eigenvalue weighted by molar-refractivity contribution is -0.137. The van der Waals surface area contributed by atoms with Crippen molar-refractivity contribution in [1.82, 2.24) is 15.3 Å². The topological polar surface area (TPSA) is 47.0 Å². The average molecular weight is 419 g/mol. The van der Waals surface area contributed by atoms with Crippen LogP contribution >= 0.6 is 0 Å². The number of hydrogen-bond acceptors (Lipinski definition) is 4. The van der Waals surface area contributed by atoms with E-state index in [1.54, 1.807) is 0 Å². The number of ether oxygens (including phenoxy) is 1. The molecule has 162 valence electrons. The second kappa shape index (κ2) is 8.63. The molecule has 1 aliphatic carbocycles. The highest BCUT2D eigenvalue weighted by atomic mass is 19.4. The highest BCUT2D eigenvalue weighted by Gasteiger charge is 2.48. The summed E-state index contributed by atoms with van der Waals surface area (Å²) in [5.74, 6) is 0. The summed E-state index contributed by atoms with van der Waals surface area (Å²) in [5, 5.41) is 3.37. The quantitative estimate of drug-likeness (QED) is 0.667. The third-order valence-electron chi connectivity index (χ3n) is 6.61. The molecule has 1 N–H and O–H groups in total. The van der Waals surface area contributed by atoms with Crippen LogP contribution in [0.25, 0.3) is 0 Å². The van der Waals surface area contributed by atoms with Gasteiger partial charge in [-0.05, 0) is 62.9 Å². The van der Waals surface area contributed by atoms with E-state index < -0.39 is 11.7 Å². The van der Waals surface area contributed by atoms with Gasteiger partial charge in [0.25, 0.3) is 0 Å². The predicted molar refractivity (Wildman–Crippen MR) is 108 cm³/mol. The molecule has 1 aliphatic heterocycles. The summed E-state index contributed by atoms with van der Waals surface area (Å²) in [5.41, 5.74) is 0.947. The Kier molecular flexibility index (Phi) is 6.11. The molecule has 1 spiro atoms. The van der Waals surface area contributed by atoms with Crippen molar-refractivity contribution in [2.24, 2.45) is 0 Å². The maximum Gasteiger partial charge on any atom is 0.417 e. The van der Waals surface area contributed by atoms with Crippen LogP contribution in [0.3, 0.4) is 0 Å². The molecule has 1 saturated carbocycles. The van der Waals surface area contributed by atoms with E-state index in [1.165, 1.54) is 18.9 Å². The number of aromatic nitrogens is 2. The first-order valence-corrected chi connectivity index (χ1v) is 10.7. The van der Waals surface area contributed by atoms with Crippen molar-refractivity contribution in [2.45, 2.75) is 68.7 Å². The molecule has 2 aromatic rings. The Balaban J connectivity index is 1.41. The van der Waals surface area contributed by atoms with Gasteiger partial charge < -0.3 is 10.1 Å². The first-order valence-electron chi connectivity index (χ1n) is 10.7. The first kappa shape index (κ1) is 21.2. The van der Waals surface area contributed by atoms with Crippen molar-refractivity contribution < 1.29 is 17.9 Å². The molecule has 0 bridgehead atoms.